The topological polar surface area (TPSA) is 81.9 Å². The van der Waals surface area contributed by atoms with E-state index in [1.807, 2.05) is 29.2 Å². The third-order valence-corrected chi connectivity index (χ3v) is 10.7. The Morgan fingerprint density at radius 3 is 2.10 bits per heavy atom. The van der Waals surface area contributed by atoms with Crippen LogP contribution < -0.4 is 11.1 Å². The summed E-state index contributed by atoms with van der Waals surface area (Å²) in [5.41, 5.74) is 7.32. The highest BCUT2D eigenvalue weighted by Gasteiger charge is 2.48. The Hall–Kier alpha value is -1.83. The van der Waals surface area contributed by atoms with Gasteiger partial charge < -0.3 is 25.8 Å². The number of hydrogen-bond donors (Lipinski definition) is 2. The number of nitrogens with one attached hydrogen (secondary N) is 1. The summed E-state index contributed by atoms with van der Waals surface area (Å²) in [6, 6.07) is 9.43. The van der Waals surface area contributed by atoms with E-state index < -0.39 is 0 Å². The van der Waals surface area contributed by atoms with E-state index in [2.05, 4.69) is 29.0 Å². The van der Waals surface area contributed by atoms with Gasteiger partial charge in [0.1, 0.15) is 0 Å². The molecule has 1 aromatic rings. The Labute approximate surface area is 252 Å². The highest BCUT2D eigenvalue weighted by Crippen LogP contribution is 2.40. The van der Waals surface area contributed by atoms with Crippen LogP contribution in [0.5, 0.6) is 0 Å². The van der Waals surface area contributed by atoms with Gasteiger partial charge in [-0.05, 0) is 102 Å². The van der Waals surface area contributed by atoms with Crippen LogP contribution in [0.2, 0.25) is 5.02 Å². The smallest absolute Gasteiger partial charge is 0.320 e. The number of carbonyl (C=O) groups excluding carboxylic acids is 2. The van der Waals surface area contributed by atoms with Crippen LogP contribution in [0.15, 0.2) is 24.3 Å². The van der Waals surface area contributed by atoms with Crippen LogP contribution in [0.1, 0.15) is 103 Å². The fourth-order valence-electron chi connectivity index (χ4n) is 8.19. The fraction of sp³-hybridized carbons (Fsp3) is 0.758. The van der Waals surface area contributed by atoms with Gasteiger partial charge in [-0.3, -0.25) is 4.79 Å². The molecule has 0 radical (unpaired) electrons. The largest absolute Gasteiger partial charge is 0.335 e. The molecule has 3 N–H and O–H groups in total. The number of urea groups is 1. The standard InChI is InChI=1S/C33H52ClN5O2/c1-3-37(4-2)33(41)39(27-8-6-5-7-9-27)30-21-28-18-19-29(22-30)38(28)32(40)31(20-23-10-12-24(34)13-11-23)36-26-16-14-25(35)15-17-26/h10-13,25-31,36H,3-9,14-22,35H2,1-2H3/t25?,26?,28?,29?,30?,31-/m0/s1. The molecule has 2 saturated carbocycles. The molecule has 2 aliphatic carbocycles. The molecule has 3 atom stereocenters. The quantitative estimate of drug-likeness (QED) is 0.388. The first-order valence-corrected chi connectivity index (χ1v) is 16.9. The zero-order valence-electron chi connectivity index (χ0n) is 25.3. The van der Waals surface area contributed by atoms with E-state index >= 15 is 0 Å². The lowest BCUT2D eigenvalue weighted by molar-refractivity contribution is -0.139. The lowest BCUT2D eigenvalue weighted by Crippen LogP contribution is -2.61. The minimum Gasteiger partial charge on any atom is -0.335 e. The third-order valence-electron chi connectivity index (χ3n) is 10.4. The highest BCUT2D eigenvalue weighted by molar-refractivity contribution is 6.30. The van der Waals surface area contributed by atoms with Crippen molar-refractivity contribution in [3.05, 3.63) is 34.9 Å². The second-order valence-electron chi connectivity index (χ2n) is 13.1. The van der Waals surface area contributed by atoms with E-state index in [0.29, 0.717) is 23.5 Å². The minimum absolute atomic E-state index is 0.205. The van der Waals surface area contributed by atoms with Crippen molar-refractivity contribution in [3.8, 4) is 0 Å². The van der Waals surface area contributed by atoms with Crippen LogP contribution in [-0.2, 0) is 11.2 Å². The van der Waals surface area contributed by atoms with Gasteiger partial charge in [0.05, 0.1) is 6.04 Å². The number of fused-ring (bicyclic) bond motifs is 2. The molecule has 0 spiro atoms. The molecule has 5 rings (SSSR count). The molecule has 2 bridgehead atoms. The number of benzene rings is 1. The summed E-state index contributed by atoms with van der Waals surface area (Å²) in [4.78, 5) is 34.8. The number of halogens is 1. The molecule has 2 unspecified atom stereocenters. The van der Waals surface area contributed by atoms with Crippen molar-refractivity contribution in [3.63, 3.8) is 0 Å². The highest BCUT2D eigenvalue weighted by atomic mass is 35.5. The van der Waals surface area contributed by atoms with Gasteiger partial charge in [-0.15, -0.1) is 0 Å². The fourth-order valence-corrected chi connectivity index (χ4v) is 8.31. The Morgan fingerprint density at radius 2 is 1.51 bits per heavy atom. The van der Waals surface area contributed by atoms with Gasteiger partial charge in [-0.1, -0.05) is 43.0 Å². The first-order chi connectivity index (χ1) is 19.9. The van der Waals surface area contributed by atoms with Crippen LogP contribution in [0, 0.1) is 0 Å². The molecule has 3 amide bonds. The van der Waals surface area contributed by atoms with Gasteiger partial charge in [-0.25, -0.2) is 4.79 Å². The third kappa shape index (κ3) is 7.22. The Kier molecular flexibility index (Phi) is 10.5. The summed E-state index contributed by atoms with van der Waals surface area (Å²) < 4.78 is 0. The molecule has 4 fully saturated rings. The maximum atomic E-state index is 14.4. The van der Waals surface area contributed by atoms with Gasteiger partial charge in [-0.2, -0.15) is 0 Å². The summed E-state index contributed by atoms with van der Waals surface area (Å²) >= 11 is 6.17. The maximum Gasteiger partial charge on any atom is 0.320 e. The molecule has 41 heavy (non-hydrogen) atoms. The molecule has 8 heteroatoms. The van der Waals surface area contributed by atoms with Crippen molar-refractivity contribution < 1.29 is 9.59 Å². The molecule has 228 valence electrons. The van der Waals surface area contributed by atoms with Crippen LogP contribution in [-0.4, -0.2) is 82.0 Å². The van der Waals surface area contributed by atoms with Crippen LogP contribution in [0.25, 0.3) is 0 Å². The maximum absolute atomic E-state index is 14.4. The van der Waals surface area contributed by atoms with E-state index in [1.54, 1.807) is 0 Å². The van der Waals surface area contributed by atoms with Crippen molar-refractivity contribution in [2.24, 2.45) is 5.73 Å². The SMILES string of the molecule is CCN(CC)C(=O)N(C1CCCCC1)C1CC2CCC(C1)N2C(=O)[C@H](Cc1ccc(Cl)cc1)NC1CCC(N)CC1. The molecule has 7 nitrogen and oxygen atoms in total. The van der Waals surface area contributed by atoms with Crippen molar-refractivity contribution in [2.45, 2.75) is 146 Å². The molecule has 1 aromatic carbocycles. The Bertz CT molecular complexity index is 989. The number of hydrogen-bond acceptors (Lipinski definition) is 4. The molecule has 2 saturated heterocycles. The van der Waals surface area contributed by atoms with E-state index in [1.165, 1.54) is 19.3 Å². The first-order valence-electron chi connectivity index (χ1n) is 16.5. The lowest BCUT2D eigenvalue weighted by atomic mass is 9.88. The first kappa shape index (κ1) is 30.6. The van der Waals surface area contributed by atoms with E-state index in [0.717, 1.165) is 82.9 Å². The van der Waals surface area contributed by atoms with Gasteiger partial charge in [0, 0.05) is 54.4 Å². The Balaban J connectivity index is 1.33. The van der Waals surface area contributed by atoms with Gasteiger partial charge >= 0.3 is 6.03 Å². The number of piperidine rings is 1. The van der Waals surface area contributed by atoms with Crippen LogP contribution >= 0.6 is 11.6 Å². The minimum atomic E-state index is -0.262. The lowest BCUT2D eigenvalue weighted by Gasteiger charge is -2.48. The van der Waals surface area contributed by atoms with Crippen molar-refractivity contribution in [1.29, 1.82) is 0 Å². The van der Waals surface area contributed by atoms with E-state index in [4.69, 9.17) is 17.3 Å². The Morgan fingerprint density at radius 1 is 0.902 bits per heavy atom. The summed E-state index contributed by atoms with van der Waals surface area (Å²) in [6.07, 6.45) is 14.5. The summed E-state index contributed by atoms with van der Waals surface area (Å²) in [7, 11) is 0. The monoisotopic (exact) mass is 585 g/mol. The average molecular weight is 586 g/mol. The number of amides is 3. The van der Waals surface area contributed by atoms with Crippen LogP contribution in [0.4, 0.5) is 4.79 Å². The molecule has 2 aliphatic heterocycles. The van der Waals surface area contributed by atoms with Crippen LogP contribution in [0.3, 0.4) is 0 Å². The number of nitrogens with zero attached hydrogens (tertiary/aromatic N) is 3. The van der Waals surface area contributed by atoms with Crippen molar-refractivity contribution in [1.82, 2.24) is 20.0 Å². The second kappa shape index (κ2) is 14.1. The van der Waals surface area contributed by atoms with E-state index in [-0.39, 0.29) is 42.1 Å². The predicted octanol–water partition coefficient (Wildman–Crippen LogP) is 5.73. The van der Waals surface area contributed by atoms with E-state index in [9.17, 15) is 9.59 Å². The van der Waals surface area contributed by atoms with Gasteiger partial charge in [0.2, 0.25) is 5.91 Å². The van der Waals surface area contributed by atoms with Gasteiger partial charge in [0.15, 0.2) is 0 Å². The van der Waals surface area contributed by atoms with Crippen molar-refractivity contribution >= 4 is 23.5 Å². The normalized spacial score (nSPS) is 29.3. The molecule has 2 heterocycles. The zero-order valence-corrected chi connectivity index (χ0v) is 26.0. The summed E-state index contributed by atoms with van der Waals surface area (Å²) in [5.74, 6) is 0.236. The van der Waals surface area contributed by atoms with Crippen molar-refractivity contribution in [2.75, 3.05) is 13.1 Å². The summed E-state index contributed by atoms with van der Waals surface area (Å²) in [6.45, 7) is 5.65. The number of rotatable bonds is 9. The van der Waals surface area contributed by atoms with Gasteiger partial charge in [0.25, 0.3) is 0 Å². The average Bonchev–Trinajstić information content (AvgIpc) is 3.25. The summed E-state index contributed by atoms with van der Waals surface area (Å²) in [5, 5.41) is 4.50. The molecular weight excluding hydrogens is 534 g/mol. The zero-order chi connectivity index (χ0) is 28.9. The second-order valence-corrected chi connectivity index (χ2v) is 13.5. The number of nitrogens with two attached hydrogens (primary N) is 1. The predicted molar refractivity (Wildman–Crippen MR) is 166 cm³/mol. The number of carbonyl (C=O) groups is 2. The molecule has 0 aromatic heterocycles. The molecular formula is C33H52ClN5O2. The molecule has 4 aliphatic rings.